The molecular weight excluding hydrogens is 212 g/mol. The molecule has 0 saturated heterocycles. The largest absolute Gasteiger partial charge is 0.381 e. The lowest BCUT2D eigenvalue weighted by atomic mass is 9.87. The molecule has 2 N–H and O–H groups in total. The van der Waals surface area contributed by atoms with Gasteiger partial charge in [-0.3, -0.25) is 4.90 Å². The van der Waals surface area contributed by atoms with E-state index in [2.05, 4.69) is 35.2 Å². The topological polar surface area (TPSA) is 38.5 Å². The van der Waals surface area contributed by atoms with Gasteiger partial charge in [-0.2, -0.15) is 0 Å². The summed E-state index contributed by atoms with van der Waals surface area (Å²) in [6.07, 6.45) is 2.74. The summed E-state index contributed by atoms with van der Waals surface area (Å²) in [5.41, 5.74) is 7.06. The minimum Gasteiger partial charge on any atom is -0.381 e. The summed E-state index contributed by atoms with van der Waals surface area (Å²) in [5, 5.41) is 0. The van der Waals surface area contributed by atoms with Gasteiger partial charge in [-0.1, -0.05) is 30.3 Å². The van der Waals surface area contributed by atoms with Gasteiger partial charge < -0.3 is 10.5 Å². The molecular formula is C14H22N2O. The zero-order chi connectivity index (χ0) is 12.1. The molecule has 3 nitrogen and oxygen atoms in total. The van der Waals surface area contributed by atoms with Crippen molar-refractivity contribution in [1.82, 2.24) is 4.90 Å². The highest BCUT2D eigenvalue weighted by Gasteiger charge is 2.33. The smallest absolute Gasteiger partial charge is 0.0601 e. The molecule has 1 aliphatic rings. The molecule has 0 amide bonds. The van der Waals surface area contributed by atoms with Crippen molar-refractivity contribution in [1.29, 1.82) is 0 Å². The Bertz CT molecular complexity index is 322. The molecule has 0 unspecified atom stereocenters. The van der Waals surface area contributed by atoms with Crippen LogP contribution in [-0.2, 0) is 11.3 Å². The molecule has 1 aliphatic carbocycles. The van der Waals surface area contributed by atoms with E-state index in [9.17, 15) is 0 Å². The number of ether oxygens (including phenoxy) is 1. The highest BCUT2D eigenvalue weighted by atomic mass is 16.5. The van der Waals surface area contributed by atoms with Gasteiger partial charge in [-0.15, -0.1) is 0 Å². The number of hydrogen-bond donors (Lipinski definition) is 1. The van der Waals surface area contributed by atoms with Crippen molar-refractivity contribution in [3.05, 3.63) is 35.9 Å². The molecule has 0 spiro atoms. The second-order valence-corrected chi connectivity index (χ2v) is 4.73. The van der Waals surface area contributed by atoms with Crippen LogP contribution in [-0.4, -0.2) is 37.2 Å². The average molecular weight is 234 g/mol. The molecule has 3 heteroatoms. The summed E-state index contributed by atoms with van der Waals surface area (Å²) in [7, 11) is 1.80. The van der Waals surface area contributed by atoms with Gasteiger partial charge in [0.1, 0.15) is 0 Å². The number of benzene rings is 1. The predicted molar refractivity (Wildman–Crippen MR) is 69.7 cm³/mol. The fourth-order valence-corrected chi connectivity index (χ4v) is 2.40. The Hall–Kier alpha value is -0.900. The van der Waals surface area contributed by atoms with E-state index in [0.717, 1.165) is 32.5 Å². The monoisotopic (exact) mass is 234 g/mol. The highest BCUT2D eigenvalue weighted by molar-refractivity contribution is 5.14. The van der Waals surface area contributed by atoms with Gasteiger partial charge in [0.05, 0.1) is 6.10 Å². The second kappa shape index (κ2) is 6.15. The Labute approximate surface area is 104 Å². The van der Waals surface area contributed by atoms with Crippen molar-refractivity contribution in [2.75, 3.05) is 20.2 Å². The van der Waals surface area contributed by atoms with E-state index < -0.39 is 0 Å². The van der Waals surface area contributed by atoms with Crippen molar-refractivity contribution in [2.45, 2.75) is 31.5 Å². The Morgan fingerprint density at radius 1 is 1.29 bits per heavy atom. The molecule has 0 radical (unpaired) electrons. The summed E-state index contributed by atoms with van der Waals surface area (Å²) < 4.78 is 5.34. The first-order valence-electron chi connectivity index (χ1n) is 6.34. The Morgan fingerprint density at radius 2 is 2.00 bits per heavy atom. The summed E-state index contributed by atoms with van der Waals surface area (Å²) in [6, 6.07) is 11.2. The Morgan fingerprint density at radius 3 is 2.59 bits per heavy atom. The maximum atomic E-state index is 5.69. The highest BCUT2D eigenvalue weighted by Crippen LogP contribution is 2.28. The Kier molecular flexibility index (Phi) is 4.54. The zero-order valence-corrected chi connectivity index (χ0v) is 10.5. The van der Waals surface area contributed by atoms with Crippen molar-refractivity contribution >= 4 is 0 Å². The van der Waals surface area contributed by atoms with E-state index in [1.165, 1.54) is 5.56 Å². The van der Waals surface area contributed by atoms with Gasteiger partial charge in [-0.05, 0) is 18.4 Å². The SMILES string of the molecule is COC1CC(N(CCN)Cc2ccccc2)C1. The van der Waals surface area contributed by atoms with E-state index in [0.29, 0.717) is 12.1 Å². The summed E-state index contributed by atoms with van der Waals surface area (Å²) in [5.74, 6) is 0. The number of methoxy groups -OCH3 is 1. The van der Waals surface area contributed by atoms with Crippen LogP contribution in [0.25, 0.3) is 0 Å². The minimum atomic E-state index is 0.455. The first-order chi connectivity index (χ1) is 8.33. The number of nitrogens with zero attached hydrogens (tertiary/aromatic N) is 1. The standard InChI is InChI=1S/C14H22N2O/c1-17-14-9-13(10-14)16(8-7-15)11-12-5-3-2-4-6-12/h2-6,13-14H,7-11,15H2,1H3. The minimum absolute atomic E-state index is 0.455. The van der Waals surface area contributed by atoms with Crippen LogP contribution in [0.3, 0.4) is 0 Å². The molecule has 0 aromatic heterocycles. The van der Waals surface area contributed by atoms with Gasteiger partial charge in [0.25, 0.3) is 0 Å². The molecule has 0 aliphatic heterocycles. The molecule has 0 atom stereocenters. The molecule has 1 fully saturated rings. The van der Waals surface area contributed by atoms with E-state index in [-0.39, 0.29) is 0 Å². The summed E-state index contributed by atoms with van der Waals surface area (Å²) >= 11 is 0. The molecule has 2 rings (SSSR count). The molecule has 0 heterocycles. The average Bonchev–Trinajstić information content (AvgIpc) is 2.29. The van der Waals surface area contributed by atoms with Crippen LogP contribution >= 0.6 is 0 Å². The van der Waals surface area contributed by atoms with Crippen molar-refractivity contribution in [2.24, 2.45) is 5.73 Å². The van der Waals surface area contributed by atoms with Crippen molar-refractivity contribution < 1.29 is 4.74 Å². The third-order valence-corrected chi connectivity index (χ3v) is 3.56. The van der Waals surface area contributed by atoms with Gasteiger partial charge in [0.15, 0.2) is 0 Å². The second-order valence-electron chi connectivity index (χ2n) is 4.73. The van der Waals surface area contributed by atoms with Crippen LogP contribution in [0.15, 0.2) is 30.3 Å². The lowest BCUT2D eigenvalue weighted by molar-refractivity contribution is -0.0289. The van der Waals surface area contributed by atoms with E-state index >= 15 is 0 Å². The van der Waals surface area contributed by atoms with Crippen molar-refractivity contribution in [3.8, 4) is 0 Å². The molecule has 1 saturated carbocycles. The molecule has 0 bridgehead atoms. The van der Waals surface area contributed by atoms with E-state index in [1.807, 2.05) is 0 Å². The Balaban J connectivity index is 1.89. The van der Waals surface area contributed by atoms with Crippen LogP contribution in [0.5, 0.6) is 0 Å². The molecule has 94 valence electrons. The number of rotatable bonds is 6. The van der Waals surface area contributed by atoms with Gasteiger partial charge >= 0.3 is 0 Å². The predicted octanol–water partition coefficient (Wildman–Crippen LogP) is 1.62. The lowest BCUT2D eigenvalue weighted by Crippen LogP contribution is -2.48. The molecule has 17 heavy (non-hydrogen) atoms. The summed E-state index contributed by atoms with van der Waals surface area (Å²) in [6.45, 7) is 2.69. The third kappa shape index (κ3) is 3.28. The van der Waals surface area contributed by atoms with E-state index in [1.54, 1.807) is 7.11 Å². The van der Waals surface area contributed by atoms with Crippen molar-refractivity contribution in [3.63, 3.8) is 0 Å². The maximum absolute atomic E-state index is 5.69. The first kappa shape index (κ1) is 12.6. The molecule has 1 aromatic rings. The van der Waals surface area contributed by atoms with E-state index in [4.69, 9.17) is 10.5 Å². The number of hydrogen-bond acceptors (Lipinski definition) is 3. The first-order valence-corrected chi connectivity index (χ1v) is 6.34. The fraction of sp³-hybridized carbons (Fsp3) is 0.571. The normalized spacial score (nSPS) is 23.7. The van der Waals surface area contributed by atoms with Gasteiger partial charge in [0.2, 0.25) is 0 Å². The zero-order valence-electron chi connectivity index (χ0n) is 10.5. The van der Waals surface area contributed by atoms with Gasteiger partial charge in [-0.25, -0.2) is 0 Å². The van der Waals surface area contributed by atoms with Crippen LogP contribution in [0.1, 0.15) is 18.4 Å². The lowest BCUT2D eigenvalue weighted by Gasteiger charge is -2.42. The van der Waals surface area contributed by atoms with Crippen LogP contribution in [0, 0.1) is 0 Å². The van der Waals surface area contributed by atoms with Crippen LogP contribution in [0.4, 0.5) is 0 Å². The number of nitrogens with two attached hydrogens (primary N) is 1. The van der Waals surface area contributed by atoms with Crippen LogP contribution in [0.2, 0.25) is 0 Å². The van der Waals surface area contributed by atoms with Gasteiger partial charge in [0, 0.05) is 32.8 Å². The third-order valence-electron chi connectivity index (χ3n) is 3.56. The fourth-order valence-electron chi connectivity index (χ4n) is 2.40. The molecule has 1 aromatic carbocycles. The maximum Gasteiger partial charge on any atom is 0.0601 e. The quantitative estimate of drug-likeness (QED) is 0.813. The summed E-state index contributed by atoms with van der Waals surface area (Å²) in [4.78, 5) is 2.48. The van der Waals surface area contributed by atoms with Crippen LogP contribution < -0.4 is 5.73 Å².